The molecule has 164 valence electrons. The van der Waals surface area contributed by atoms with Crippen LogP contribution >= 0.6 is 11.8 Å². The number of amidine groups is 1. The van der Waals surface area contributed by atoms with E-state index in [0.717, 1.165) is 16.8 Å². The van der Waals surface area contributed by atoms with Gasteiger partial charge in [-0.2, -0.15) is 4.99 Å². The third kappa shape index (κ3) is 4.50. The summed E-state index contributed by atoms with van der Waals surface area (Å²) in [5.74, 6) is 0.824. The molecule has 2 fully saturated rings. The second kappa shape index (κ2) is 8.67. The number of hydrogen-bond acceptors (Lipinski definition) is 5. The molecule has 0 aromatic heterocycles. The molecule has 2 heterocycles. The van der Waals surface area contributed by atoms with Crippen LogP contribution in [0.5, 0.6) is 5.75 Å². The average Bonchev–Trinajstić information content (AvgIpc) is 3.18. The van der Waals surface area contributed by atoms with Gasteiger partial charge in [0.15, 0.2) is 15.0 Å². The number of sulfone groups is 1. The predicted molar refractivity (Wildman–Crippen MR) is 126 cm³/mol. The summed E-state index contributed by atoms with van der Waals surface area (Å²) in [6.07, 6.45) is 0.126. The lowest BCUT2D eigenvalue weighted by molar-refractivity contribution is -0.117. The molecule has 31 heavy (non-hydrogen) atoms. The summed E-state index contributed by atoms with van der Waals surface area (Å²) in [4.78, 5) is 19.3. The number of methoxy groups -OCH3 is 1. The molecule has 2 aliphatic heterocycles. The minimum Gasteiger partial charge on any atom is -0.496 e. The summed E-state index contributed by atoms with van der Waals surface area (Å²) in [5.41, 5.74) is 2.82. The van der Waals surface area contributed by atoms with E-state index in [-0.39, 0.29) is 41.0 Å². The number of benzene rings is 2. The topological polar surface area (TPSA) is 76.0 Å². The first-order valence-electron chi connectivity index (χ1n) is 10.3. The number of thioether (sulfide) groups is 1. The molecule has 0 saturated carbocycles. The molecule has 2 atom stereocenters. The second-order valence-electron chi connectivity index (χ2n) is 8.16. The fraction of sp³-hybridized carbons (Fsp3) is 0.391. The summed E-state index contributed by atoms with van der Waals surface area (Å²) in [6, 6.07) is 15.1. The van der Waals surface area contributed by atoms with Gasteiger partial charge in [0.05, 0.1) is 31.1 Å². The van der Waals surface area contributed by atoms with Crippen molar-refractivity contribution >= 4 is 38.4 Å². The molecule has 2 aromatic rings. The third-order valence-corrected chi connectivity index (χ3v) is 8.85. The number of para-hydroxylation sites is 2. The van der Waals surface area contributed by atoms with Crippen molar-refractivity contribution in [1.82, 2.24) is 0 Å². The Bertz CT molecular complexity index is 1130. The molecule has 0 aliphatic carbocycles. The molecule has 2 aromatic carbocycles. The molecule has 2 saturated heterocycles. The highest BCUT2D eigenvalue weighted by Gasteiger charge is 2.49. The Labute approximate surface area is 187 Å². The number of aliphatic imine (C=N–C) groups is 1. The van der Waals surface area contributed by atoms with E-state index in [4.69, 9.17) is 4.74 Å². The van der Waals surface area contributed by atoms with E-state index < -0.39 is 9.84 Å². The van der Waals surface area contributed by atoms with Crippen molar-refractivity contribution in [2.75, 3.05) is 23.5 Å². The van der Waals surface area contributed by atoms with Crippen LogP contribution < -0.4 is 9.64 Å². The van der Waals surface area contributed by atoms with Gasteiger partial charge in [-0.25, -0.2) is 8.42 Å². The monoisotopic (exact) mass is 458 g/mol. The van der Waals surface area contributed by atoms with Crippen molar-refractivity contribution in [3.63, 3.8) is 0 Å². The summed E-state index contributed by atoms with van der Waals surface area (Å²) >= 11 is 1.40. The van der Waals surface area contributed by atoms with E-state index in [0.29, 0.717) is 10.9 Å². The lowest BCUT2D eigenvalue weighted by Gasteiger charge is -2.28. The predicted octanol–water partition coefficient (Wildman–Crippen LogP) is 3.66. The van der Waals surface area contributed by atoms with Crippen LogP contribution in [0.1, 0.15) is 30.9 Å². The Hall–Kier alpha value is -2.32. The summed E-state index contributed by atoms with van der Waals surface area (Å²) in [6.45, 7) is 4.21. The molecule has 0 bridgehead atoms. The van der Waals surface area contributed by atoms with Crippen molar-refractivity contribution in [2.45, 2.75) is 37.5 Å². The minimum atomic E-state index is -3.11. The Balaban J connectivity index is 1.70. The molecule has 0 spiro atoms. The summed E-state index contributed by atoms with van der Waals surface area (Å²) < 4.78 is 30.0. The van der Waals surface area contributed by atoms with Gasteiger partial charge in [0.1, 0.15) is 5.75 Å². The van der Waals surface area contributed by atoms with Crippen LogP contribution in [0, 0.1) is 0 Å². The zero-order valence-electron chi connectivity index (χ0n) is 17.8. The van der Waals surface area contributed by atoms with E-state index in [1.54, 1.807) is 7.11 Å². The molecule has 2 aliphatic rings. The number of carbonyl (C=O) groups is 1. The first-order chi connectivity index (χ1) is 14.8. The van der Waals surface area contributed by atoms with Gasteiger partial charge >= 0.3 is 0 Å². The number of ether oxygens (including phenoxy) is 1. The van der Waals surface area contributed by atoms with Gasteiger partial charge in [0.2, 0.25) is 0 Å². The number of nitrogens with zero attached hydrogens (tertiary/aromatic N) is 2. The molecule has 6 nitrogen and oxygen atoms in total. The molecular weight excluding hydrogens is 432 g/mol. The highest BCUT2D eigenvalue weighted by Crippen LogP contribution is 2.43. The van der Waals surface area contributed by atoms with Crippen molar-refractivity contribution in [3.8, 4) is 5.75 Å². The van der Waals surface area contributed by atoms with E-state index in [2.05, 4.69) is 24.9 Å². The fourth-order valence-electron chi connectivity index (χ4n) is 4.20. The van der Waals surface area contributed by atoms with Crippen LogP contribution in [0.2, 0.25) is 0 Å². The van der Waals surface area contributed by atoms with Crippen molar-refractivity contribution in [2.24, 2.45) is 4.99 Å². The number of carbonyl (C=O) groups excluding carboxylic acids is 1. The van der Waals surface area contributed by atoms with Crippen LogP contribution in [0.25, 0.3) is 0 Å². The maximum Gasteiger partial charge on any atom is 0.252 e. The molecule has 1 amide bonds. The van der Waals surface area contributed by atoms with Gasteiger partial charge in [0, 0.05) is 16.5 Å². The van der Waals surface area contributed by atoms with Crippen molar-refractivity contribution in [3.05, 3.63) is 59.7 Å². The van der Waals surface area contributed by atoms with Gasteiger partial charge in [-0.3, -0.25) is 4.79 Å². The van der Waals surface area contributed by atoms with Crippen LogP contribution in [-0.2, 0) is 21.1 Å². The number of rotatable bonds is 5. The zero-order chi connectivity index (χ0) is 22.2. The number of fused-ring (bicyclic) bond motifs is 1. The number of amides is 1. The number of hydrogen-bond donors (Lipinski definition) is 0. The van der Waals surface area contributed by atoms with E-state index in [1.165, 1.54) is 11.8 Å². The van der Waals surface area contributed by atoms with Crippen molar-refractivity contribution in [1.29, 1.82) is 0 Å². The Kier molecular flexibility index (Phi) is 6.12. The average molecular weight is 459 g/mol. The SMILES string of the molecule is COc1ccccc1CC(=O)N=C1S[C@@H]2CS(=O)(=O)C[C@H]2N1c1ccccc1C(C)C. The van der Waals surface area contributed by atoms with E-state index in [9.17, 15) is 13.2 Å². The zero-order valence-corrected chi connectivity index (χ0v) is 19.4. The lowest BCUT2D eigenvalue weighted by atomic mass is 9.99. The van der Waals surface area contributed by atoms with Crippen LogP contribution in [0.3, 0.4) is 0 Å². The third-order valence-electron chi connectivity index (χ3n) is 5.64. The minimum absolute atomic E-state index is 0.0802. The molecular formula is C23H26N2O4S2. The highest BCUT2D eigenvalue weighted by molar-refractivity contribution is 8.16. The maximum absolute atomic E-state index is 12.9. The molecule has 4 rings (SSSR count). The molecule has 0 N–H and O–H groups in total. The smallest absolute Gasteiger partial charge is 0.252 e. The second-order valence-corrected chi connectivity index (χ2v) is 11.5. The van der Waals surface area contributed by atoms with Gasteiger partial charge < -0.3 is 9.64 Å². The molecule has 0 unspecified atom stereocenters. The lowest BCUT2D eigenvalue weighted by Crippen LogP contribution is -2.38. The van der Waals surface area contributed by atoms with Crippen LogP contribution in [-0.4, -0.2) is 49.4 Å². The quantitative estimate of drug-likeness (QED) is 0.681. The van der Waals surface area contributed by atoms with E-state index >= 15 is 0 Å². The van der Waals surface area contributed by atoms with Crippen LogP contribution in [0.4, 0.5) is 5.69 Å². The van der Waals surface area contributed by atoms with Crippen LogP contribution in [0.15, 0.2) is 53.5 Å². The Morgan fingerprint density at radius 1 is 1.16 bits per heavy atom. The first kappa shape index (κ1) is 21.9. The van der Waals surface area contributed by atoms with E-state index in [1.807, 2.05) is 47.4 Å². The van der Waals surface area contributed by atoms with Gasteiger partial charge in [-0.1, -0.05) is 62.0 Å². The maximum atomic E-state index is 12.9. The largest absolute Gasteiger partial charge is 0.496 e. The number of anilines is 1. The molecule has 0 radical (unpaired) electrons. The van der Waals surface area contributed by atoms with Gasteiger partial charge in [0.25, 0.3) is 5.91 Å². The fourth-order valence-corrected chi connectivity index (χ4v) is 8.12. The van der Waals surface area contributed by atoms with Crippen molar-refractivity contribution < 1.29 is 17.9 Å². The Morgan fingerprint density at radius 2 is 1.87 bits per heavy atom. The molecule has 8 heteroatoms. The highest BCUT2D eigenvalue weighted by atomic mass is 32.2. The summed E-state index contributed by atoms with van der Waals surface area (Å²) in [7, 11) is -1.53. The van der Waals surface area contributed by atoms with Gasteiger partial charge in [-0.15, -0.1) is 0 Å². The standard InChI is InChI=1S/C23H26N2O4S2/c1-15(2)17-9-5-6-10-18(17)25-19-13-31(27,28)14-21(19)30-23(25)24-22(26)12-16-8-4-7-11-20(16)29-3/h4-11,15,19,21H,12-14H2,1-3H3/t19-,21-/m1/s1. The Morgan fingerprint density at radius 3 is 2.61 bits per heavy atom. The normalized spacial score (nSPS) is 23.4. The summed E-state index contributed by atoms with van der Waals surface area (Å²) in [5, 5.41) is 0.459. The van der Waals surface area contributed by atoms with Gasteiger partial charge in [-0.05, 0) is 23.6 Å². The first-order valence-corrected chi connectivity index (χ1v) is 13.0.